The molecule has 0 aliphatic carbocycles. The van der Waals surface area contributed by atoms with Gasteiger partial charge in [-0.1, -0.05) is 13.8 Å². The van der Waals surface area contributed by atoms with E-state index in [2.05, 4.69) is 35.1 Å². The lowest BCUT2D eigenvalue weighted by Gasteiger charge is -2.23. The van der Waals surface area contributed by atoms with Crippen molar-refractivity contribution in [2.45, 2.75) is 33.1 Å². The number of carbonyl (C=O) groups excluding carboxylic acids is 1. The minimum atomic E-state index is -0.339. The topological polar surface area (TPSA) is 55.1 Å². The van der Waals surface area contributed by atoms with Gasteiger partial charge in [-0.2, -0.15) is 0 Å². The lowest BCUT2D eigenvalue weighted by Crippen LogP contribution is -2.20. The second-order valence-electron chi connectivity index (χ2n) is 5.38. The van der Waals surface area contributed by atoms with Crippen LogP contribution in [0.3, 0.4) is 0 Å². The van der Waals surface area contributed by atoms with E-state index in [1.165, 1.54) is 12.1 Å². The Bertz CT molecular complexity index is 449. The van der Waals surface area contributed by atoms with Gasteiger partial charge in [-0.15, -0.1) is 0 Å². The second kappa shape index (κ2) is 7.01. The Hall–Kier alpha value is -0.940. The monoisotopic (exact) mass is 330 g/mol. The van der Waals surface area contributed by atoms with E-state index in [1.54, 1.807) is 6.07 Å². The SMILES string of the molecule is CC(C)(CCN)CCC(=O)Nc1ccc(F)cc1Br. The summed E-state index contributed by atoms with van der Waals surface area (Å²) in [5.74, 6) is -0.411. The summed E-state index contributed by atoms with van der Waals surface area (Å²) in [4.78, 5) is 11.8. The maximum Gasteiger partial charge on any atom is 0.224 e. The highest BCUT2D eigenvalue weighted by Crippen LogP contribution is 2.27. The van der Waals surface area contributed by atoms with Crippen molar-refractivity contribution in [2.24, 2.45) is 11.1 Å². The summed E-state index contributed by atoms with van der Waals surface area (Å²) in [6, 6.07) is 4.19. The van der Waals surface area contributed by atoms with E-state index in [4.69, 9.17) is 5.73 Å². The minimum Gasteiger partial charge on any atom is -0.330 e. The molecule has 1 amide bonds. The molecule has 5 heteroatoms. The largest absolute Gasteiger partial charge is 0.330 e. The number of rotatable bonds is 6. The smallest absolute Gasteiger partial charge is 0.224 e. The Kier molecular flexibility index (Phi) is 5.94. The number of carbonyl (C=O) groups is 1. The van der Waals surface area contributed by atoms with Crippen molar-refractivity contribution >= 4 is 27.5 Å². The van der Waals surface area contributed by atoms with Gasteiger partial charge in [-0.3, -0.25) is 4.79 Å². The summed E-state index contributed by atoms with van der Waals surface area (Å²) in [5, 5.41) is 2.77. The lowest BCUT2D eigenvalue weighted by atomic mass is 9.84. The molecule has 1 rings (SSSR count). The van der Waals surface area contributed by atoms with Crippen LogP contribution in [0.15, 0.2) is 22.7 Å². The molecule has 0 aromatic heterocycles. The van der Waals surface area contributed by atoms with Crippen LogP contribution in [0.4, 0.5) is 10.1 Å². The highest BCUT2D eigenvalue weighted by atomic mass is 79.9. The van der Waals surface area contributed by atoms with Crippen LogP contribution in [0.1, 0.15) is 33.1 Å². The molecule has 0 aliphatic rings. The molecule has 0 fully saturated rings. The van der Waals surface area contributed by atoms with Gasteiger partial charge in [0.05, 0.1) is 5.69 Å². The maximum absolute atomic E-state index is 12.9. The zero-order valence-corrected chi connectivity index (χ0v) is 12.9. The highest BCUT2D eigenvalue weighted by Gasteiger charge is 2.18. The molecule has 0 heterocycles. The van der Waals surface area contributed by atoms with Gasteiger partial charge in [0.1, 0.15) is 5.82 Å². The highest BCUT2D eigenvalue weighted by molar-refractivity contribution is 9.10. The number of hydrogen-bond donors (Lipinski definition) is 2. The van der Waals surface area contributed by atoms with Gasteiger partial charge in [0.25, 0.3) is 0 Å². The predicted molar refractivity (Wildman–Crippen MR) is 79.4 cm³/mol. The maximum atomic E-state index is 12.9. The molecule has 0 spiro atoms. The predicted octanol–water partition coefficient (Wildman–Crippen LogP) is 3.68. The zero-order chi connectivity index (χ0) is 14.5. The van der Waals surface area contributed by atoms with Crippen LogP contribution in [-0.4, -0.2) is 12.5 Å². The molecule has 0 aliphatic heterocycles. The fourth-order valence-corrected chi connectivity index (χ4v) is 2.22. The van der Waals surface area contributed by atoms with Gasteiger partial charge in [-0.05, 0) is 58.9 Å². The standard InChI is InChI=1S/C14H20BrFN2O/c1-14(2,7-8-17)6-5-13(19)18-12-4-3-10(16)9-11(12)15/h3-4,9H,5-8,17H2,1-2H3,(H,18,19). The number of halogens is 2. The molecular weight excluding hydrogens is 311 g/mol. The van der Waals surface area contributed by atoms with Gasteiger partial charge in [0.2, 0.25) is 5.91 Å². The molecule has 106 valence electrons. The summed E-state index contributed by atoms with van der Waals surface area (Å²) in [6.45, 7) is 4.82. The molecule has 0 saturated carbocycles. The van der Waals surface area contributed by atoms with Crippen molar-refractivity contribution in [3.63, 3.8) is 0 Å². The van der Waals surface area contributed by atoms with Gasteiger partial charge >= 0.3 is 0 Å². The Labute approximate surface area is 121 Å². The number of amides is 1. The van der Waals surface area contributed by atoms with Crippen LogP contribution in [-0.2, 0) is 4.79 Å². The molecule has 3 N–H and O–H groups in total. The van der Waals surface area contributed by atoms with Crippen molar-refractivity contribution in [1.29, 1.82) is 0 Å². The van der Waals surface area contributed by atoms with Crippen molar-refractivity contribution in [3.05, 3.63) is 28.5 Å². The summed E-state index contributed by atoms with van der Waals surface area (Å²) in [6.07, 6.45) is 2.09. The van der Waals surface area contributed by atoms with E-state index in [1.807, 2.05) is 0 Å². The van der Waals surface area contributed by atoms with E-state index < -0.39 is 0 Å². The average Bonchev–Trinajstić information content (AvgIpc) is 2.30. The van der Waals surface area contributed by atoms with Crippen LogP contribution in [0.25, 0.3) is 0 Å². The summed E-state index contributed by atoms with van der Waals surface area (Å²) in [5.41, 5.74) is 6.18. The molecule has 1 aromatic rings. The Morgan fingerprint density at radius 1 is 1.42 bits per heavy atom. The van der Waals surface area contributed by atoms with Gasteiger partial charge in [-0.25, -0.2) is 4.39 Å². The number of hydrogen-bond acceptors (Lipinski definition) is 2. The van der Waals surface area contributed by atoms with Crippen LogP contribution < -0.4 is 11.1 Å². The molecular formula is C14H20BrFN2O. The van der Waals surface area contributed by atoms with Crippen LogP contribution in [0.5, 0.6) is 0 Å². The fraction of sp³-hybridized carbons (Fsp3) is 0.500. The summed E-state index contributed by atoms with van der Waals surface area (Å²) in [7, 11) is 0. The minimum absolute atomic E-state index is 0.0616. The van der Waals surface area contributed by atoms with Gasteiger partial charge in [0, 0.05) is 10.9 Å². The van der Waals surface area contributed by atoms with Crippen molar-refractivity contribution in [2.75, 3.05) is 11.9 Å². The van der Waals surface area contributed by atoms with E-state index >= 15 is 0 Å². The first-order valence-corrected chi connectivity index (χ1v) is 7.08. The number of anilines is 1. The van der Waals surface area contributed by atoms with E-state index in [-0.39, 0.29) is 17.1 Å². The molecule has 3 nitrogen and oxygen atoms in total. The summed E-state index contributed by atoms with van der Waals surface area (Å²) < 4.78 is 13.5. The van der Waals surface area contributed by atoms with Crippen molar-refractivity contribution < 1.29 is 9.18 Å². The van der Waals surface area contributed by atoms with Crippen LogP contribution in [0, 0.1) is 11.2 Å². The first kappa shape index (κ1) is 16.1. The third-order valence-corrected chi connectivity index (χ3v) is 3.71. The molecule has 0 bridgehead atoms. The quantitative estimate of drug-likeness (QED) is 0.835. The third-order valence-electron chi connectivity index (χ3n) is 3.06. The molecule has 0 radical (unpaired) electrons. The lowest BCUT2D eigenvalue weighted by molar-refractivity contribution is -0.116. The molecule has 1 aromatic carbocycles. The van der Waals surface area contributed by atoms with E-state index in [0.29, 0.717) is 23.1 Å². The third kappa shape index (κ3) is 5.70. The second-order valence-corrected chi connectivity index (χ2v) is 6.23. The zero-order valence-electron chi connectivity index (χ0n) is 11.3. The van der Waals surface area contributed by atoms with E-state index in [9.17, 15) is 9.18 Å². The van der Waals surface area contributed by atoms with Gasteiger partial charge in [0.15, 0.2) is 0 Å². The van der Waals surface area contributed by atoms with Gasteiger partial charge < -0.3 is 11.1 Å². The number of nitrogens with one attached hydrogen (secondary N) is 1. The Morgan fingerprint density at radius 2 is 2.11 bits per heavy atom. The van der Waals surface area contributed by atoms with Crippen LogP contribution >= 0.6 is 15.9 Å². The molecule has 0 unspecified atom stereocenters. The normalized spacial score (nSPS) is 11.4. The average molecular weight is 331 g/mol. The fourth-order valence-electron chi connectivity index (χ4n) is 1.77. The molecule has 0 atom stereocenters. The Balaban J connectivity index is 2.52. The number of benzene rings is 1. The van der Waals surface area contributed by atoms with Crippen LogP contribution in [0.2, 0.25) is 0 Å². The first-order chi connectivity index (χ1) is 8.84. The summed E-state index contributed by atoms with van der Waals surface area (Å²) >= 11 is 3.22. The number of nitrogens with two attached hydrogens (primary N) is 1. The molecule has 0 saturated heterocycles. The van der Waals surface area contributed by atoms with Crippen molar-refractivity contribution in [3.8, 4) is 0 Å². The Morgan fingerprint density at radius 3 is 2.68 bits per heavy atom. The van der Waals surface area contributed by atoms with Crippen molar-refractivity contribution in [1.82, 2.24) is 0 Å². The molecule has 19 heavy (non-hydrogen) atoms. The first-order valence-electron chi connectivity index (χ1n) is 6.29. The van der Waals surface area contributed by atoms with E-state index in [0.717, 1.165) is 12.8 Å².